The van der Waals surface area contributed by atoms with Crippen LogP contribution in [0.1, 0.15) is 144 Å². The molecule has 0 saturated heterocycles. The van der Waals surface area contributed by atoms with Gasteiger partial charge in [0.2, 0.25) is 0 Å². The summed E-state index contributed by atoms with van der Waals surface area (Å²) in [5.74, 6) is -6.79. The van der Waals surface area contributed by atoms with E-state index in [1.165, 1.54) is 0 Å². The highest BCUT2D eigenvalue weighted by atomic mass is 32.2. The first kappa shape index (κ1) is 45.9. The average Bonchev–Trinajstić information content (AvgIpc) is 3.10. The third-order valence-corrected chi connectivity index (χ3v) is 13.1. The molecule has 1 N–H and O–H groups in total. The van der Waals surface area contributed by atoms with E-state index in [-0.39, 0.29) is 17.8 Å². The van der Waals surface area contributed by atoms with Crippen LogP contribution >= 0.6 is 23.9 Å². The number of rotatable bonds is 10. The van der Waals surface area contributed by atoms with E-state index < -0.39 is 67.8 Å². The monoisotopic (exact) mass is 763 g/mol. The van der Waals surface area contributed by atoms with Gasteiger partial charge < -0.3 is 0 Å². The second-order valence-electron chi connectivity index (χ2n) is 12.4. The molecule has 286 valence electrons. The van der Waals surface area contributed by atoms with Crippen molar-refractivity contribution in [1.82, 2.24) is 4.13 Å². The Morgan fingerprint density at radius 2 is 1.08 bits per heavy atom. The Balaban J connectivity index is 0.00000182. The smallest absolute Gasteiger partial charge is 0.253 e. The summed E-state index contributed by atoms with van der Waals surface area (Å²) >= 11 is -2.69. The summed E-state index contributed by atoms with van der Waals surface area (Å²) in [5, 5.41) is -12.9. The topological polar surface area (TPSA) is 29.1 Å². The number of hydrogen-bond donors (Lipinski definition) is 1. The van der Waals surface area contributed by atoms with E-state index >= 15 is 17.6 Å². The molecule has 4 aliphatic rings. The van der Waals surface area contributed by atoms with Crippen molar-refractivity contribution in [3.05, 3.63) is 11.6 Å². The maximum Gasteiger partial charge on any atom is 0.456 e. The average molecular weight is 764 g/mol. The molecule has 0 aromatic rings. The summed E-state index contributed by atoms with van der Waals surface area (Å²) in [4.78, 5) is 0. The van der Waals surface area contributed by atoms with E-state index in [2.05, 4.69) is 0 Å². The van der Waals surface area contributed by atoms with Gasteiger partial charge in [0.25, 0.3) is 0 Å². The van der Waals surface area contributed by atoms with Crippen LogP contribution < -0.4 is 4.13 Å². The zero-order valence-electron chi connectivity index (χ0n) is 29.4. The standard InChI is InChI=1S/C28H40F9NOS3.3C2H6/c29-25(30,26(31,32)40-38-41-28(35,36)37)27(33,34)42(39)24-22(19-12-6-2-7-13-19)16-21(18-10-4-1-5-11-18)17-23(24)20-14-8-3-9-15-20;3*1-2/h16,18-21,23-24,38H,1-15,17H2;3*1-2H3. The van der Waals surface area contributed by atoms with Crippen LogP contribution in [0.4, 0.5) is 39.5 Å². The lowest BCUT2D eigenvalue weighted by Crippen LogP contribution is -2.58. The molecule has 0 radical (unpaired) electrons. The number of allylic oxidation sites excluding steroid dienone is 1. The lowest BCUT2D eigenvalue weighted by Gasteiger charge is -2.47. The van der Waals surface area contributed by atoms with Crippen molar-refractivity contribution in [2.45, 2.75) is 171 Å². The van der Waals surface area contributed by atoms with Crippen molar-refractivity contribution < 1.29 is 43.7 Å². The Bertz CT molecular complexity index is 947. The van der Waals surface area contributed by atoms with Crippen LogP contribution in [0.5, 0.6) is 0 Å². The summed E-state index contributed by atoms with van der Waals surface area (Å²) in [6.07, 6.45) is 15.3. The fourth-order valence-corrected chi connectivity index (χ4v) is 10.9. The highest BCUT2D eigenvalue weighted by Gasteiger charge is 2.76. The molecule has 0 aliphatic heterocycles. The Labute approximate surface area is 294 Å². The molecule has 4 unspecified atom stereocenters. The van der Waals surface area contributed by atoms with Crippen LogP contribution in [0.3, 0.4) is 0 Å². The number of nitrogens with one attached hydrogen (secondary N) is 1. The fourth-order valence-electron chi connectivity index (χ4n) is 7.71. The number of halogens is 9. The maximum atomic E-state index is 15.6. The van der Waals surface area contributed by atoms with Crippen LogP contribution in [0.2, 0.25) is 0 Å². The lowest BCUT2D eigenvalue weighted by atomic mass is 9.64. The van der Waals surface area contributed by atoms with Gasteiger partial charge in [-0.05, 0) is 61.7 Å². The van der Waals surface area contributed by atoms with E-state index in [0.717, 1.165) is 74.8 Å². The van der Waals surface area contributed by atoms with Gasteiger partial charge in [0.1, 0.15) is 10.8 Å². The molecule has 3 saturated carbocycles. The van der Waals surface area contributed by atoms with Crippen molar-refractivity contribution in [2.24, 2.45) is 29.6 Å². The van der Waals surface area contributed by atoms with Crippen molar-refractivity contribution in [2.75, 3.05) is 0 Å². The number of hydrogen-bond acceptors (Lipinski definition) is 4. The molecular weight excluding hydrogens is 706 g/mol. The Morgan fingerprint density at radius 1 is 0.646 bits per heavy atom. The molecule has 0 spiro atoms. The van der Waals surface area contributed by atoms with E-state index in [1.807, 2.05) is 47.6 Å². The van der Waals surface area contributed by atoms with E-state index in [4.69, 9.17) is 0 Å². The van der Waals surface area contributed by atoms with E-state index in [0.29, 0.717) is 43.6 Å². The van der Waals surface area contributed by atoms with Gasteiger partial charge in [-0.25, -0.2) is 0 Å². The van der Waals surface area contributed by atoms with Gasteiger partial charge in [-0.3, -0.25) is 4.21 Å². The third-order valence-electron chi connectivity index (χ3n) is 9.80. The summed E-state index contributed by atoms with van der Waals surface area (Å²) in [6.45, 7) is 12.0. The molecule has 2 nitrogen and oxygen atoms in total. The molecule has 0 aromatic heterocycles. The summed E-state index contributed by atoms with van der Waals surface area (Å²) < 4.78 is 142. The normalized spacial score (nSPS) is 26.1. The zero-order valence-corrected chi connectivity index (χ0v) is 31.8. The first-order valence-electron chi connectivity index (χ1n) is 18.1. The second kappa shape index (κ2) is 21.4. The largest absolute Gasteiger partial charge is 0.456 e. The highest BCUT2D eigenvalue weighted by Crippen LogP contribution is 2.57. The Hall–Kier alpha value is -0.0800. The zero-order chi connectivity index (χ0) is 36.8. The first-order valence-corrected chi connectivity index (χ1v) is 20.9. The summed E-state index contributed by atoms with van der Waals surface area (Å²) in [7, 11) is -3.74. The summed E-state index contributed by atoms with van der Waals surface area (Å²) in [6, 6.07) is 0. The molecule has 4 aliphatic carbocycles. The molecule has 14 heteroatoms. The molecule has 0 bridgehead atoms. The van der Waals surface area contributed by atoms with Crippen LogP contribution in [0.15, 0.2) is 11.6 Å². The molecule has 4 rings (SSSR count). The molecule has 4 atom stereocenters. The lowest BCUT2D eigenvalue weighted by molar-refractivity contribution is -0.239. The van der Waals surface area contributed by atoms with E-state index in [1.54, 1.807) is 0 Å². The quantitative estimate of drug-likeness (QED) is 0.136. The maximum absolute atomic E-state index is 15.6. The van der Waals surface area contributed by atoms with Gasteiger partial charge in [-0.2, -0.15) is 43.6 Å². The minimum atomic E-state index is -6.18. The van der Waals surface area contributed by atoms with Gasteiger partial charge >= 0.3 is 21.9 Å². The third kappa shape index (κ3) is 12.0. The predicted octanol–water partition coefficient (Wildman–Crippen LogP) is 13.7. The van der Waals surface area contributed by atoms with Gasteiger partial charge in [0.05, 0.1) is 5.25 Å². The van der Waals surface area contributed by atoms with Crippen molar-refractivity contribution in [1.29, 1.82) is 0 Å². The minimum absolute atomic E-state index is 0.0390. The predicted molar refractivity (Wildman–Crippen MR) is 185 cm³/mol. The Morgan fingerprint density at radius 3 is 1.54 bits per heavy atom. The Kier molecular flexibility index (Phi) is 20.5. The van der Waals surface area contributed by atoms with Crippen LogP contribution in [-0.4, -0.2) is 31.4 Å². The summed E-state index contributed by atoms with van der Waals surface area (Å²) in [5.41, 5.74) is -4.63. The van der Waals surface area contributed by atoms with Gasteiger partial charge in [-0.1, -0.05) is 124 Å². The highest BCUT2D eigenvalue weighted by molar-refractivity contribution is 8.13. The van der Waals surface area contributed by atoms with Crippen molar-refractivity contribution >= 4 is 34.7 Å². The van der Waals surface area contributed by atoms with Gasteiger partial charge in [0.15, 0.2) is 0 Å². The second-order valence-corrected chi connectivity index (χ2v) is 16.1. The number of alkyl halides is 9. The fraction of sp³-hybridized carbons (Fsp3) is 0.941. The molecule has 0 heterocycles. The van der Waals surface area contributed by atoms with Crippen molar-refractivity contribution in [3.63, 3.8) is 0 Å². The van der Waals surface area contributed by atoms with Crippen LogP contribution in [0, 0.1) is 29.6 Å². The van der Waals surface area contributed by atoms with Gasteiger partial charge in [-0.15, -0.1) is 0 Å². The minimum Gasteiger partial charge on any atom is -0.253 e. The SMILES string of the molecule is CC.CC.CC.O=S(C1C(C2CCCCC2)=CC(C2CCCCC2)CC1C1CCCCC1)C(F)(F)C(F)(F)C(F)(F)SNSC(F)(F)F. The van der Waals surface area contributed by atoms with Gasteiger partial charge in [0, 0.05) is 23.9 Å². The molecular formula is C34H58F9NOS3. The molecule has 0 aromatic carbocycles. The van der Waals surface area contributed by atoms with Crippen LogP contribution in [-0.2, 0) is 10.8 Å². The molecule has 0 amide bonds. The van der Waals surface area contributed by atoms with Crippen LogP contribution in [0.25, 0.3) is 0 Å². The molecule has 3 fully saturated rings. The van der Waals surface area contributed by atoms with E-state index in [9.17, 15) is 26.2 Å². The molecule has 48 heavy (non-hydrogen) atoms. The first-order chi connectivity index (χ1) is 22.7. The van der Waals surface area contributed by atoms with Crippen molar-refractivity contribution in [3.8, 4) is 0 Å².